The lowest BCUT2D eigenvalue weighted by atomic mass is 9.94. The number of aromatic nitrogens is 2. The average Bonchev–Trinajstić information content (AvgIpc) is 2.77. The number of halogens is 2. The van der Waals surface area contributed by atoms with Crippen LogP contribution in [0.4, 0.5) is 8.78 Å². The summed E-state index contributed by atoms with van der Waals surface area (Å²) in [5, 5.41) is 0. The molecule has 2 heterocycles. The summed E-state index contributed by atoms with van der Waals surface area (Å²) in [6, 6.07) is 2.29. The lowest BCUT2D eigenvalue weighted by Crippen LogP contribution is -2.20. The molecule has 1 aliphatic rings. The number of imidazole rings is 1. The van der Waals surface area contributed by atoms with Gasteiger partial charge in [-0.15, -0.1) is 0 Å². The molecule has 2 N–H and O–H groups in total. The second kappa shape index (κ2) is 4.20. The van der Waals surface area contributed by atoms with Crippen LogP contribution in [0.25, 0.3) is 0 Å². The molecule has 1 unspecified atom stereocenters. The van der Waals surface area contributed by atoms with Crippen LogP contribution in [-0.2, 0) is 6.42 Å². The third-order valence-corrected chi connectivity index (χ3v) is 3.29. The molecule has 2 aromatic rings. The maximum atomic E-state index is 13.2. The van der Waals surface area contributed by atoms with Gasteiger partial charge in [-0.3, -0.25) is 0 Å². The van der Waals surface area contributed by atoms with Crippen LogP contribution >= 0.6 is 12.2 Å². The van der Waals surface area contributed by atoms with Crippen molar-refractivity contribution < 1.29 is 13.5 Å². The summed E-state index contributed by atoms with van der Waals surface area (Å²) in [7, 11) is 0. The molecule has 0 saturated carbocycles. The van der Waals surface area contributed by atoms with E-state index >= 15 is 0 Å². The van der Waals surface area contributed by atoms with Gasteiger partial charge in [-0.2, -0.15) is 0 Å². The topological polar surface area (TPSA) is 40.8 Å². The zero-order chi connectivity index (χ0) is 12.7. The molecular weight excluding hydrogens is 258 g/mol. The Labute approximate surface area is 107 Å². The van der Waals surface area contributed by atoms with E-state index in [0.717, 1.165) is 11.8 Å². The molecule has 0 saturated heterocycles. The Bertz CT molecular complexity index is 650. The second-order valence-electron chi connectivity index (χ2n) is 4.28. The van der Waals surface area contributed by atoms with Crippen LogP contribution in [0.15, 0.2) is 18.3 Å². The van der Waals surface area contributed by atoms with Gasteiger partial charge in [0.1, 0.15) is 5.75 Å². The van der Waals surface area contributed by atoms with E-state index in [1.54, 1.807) is 6.20 Å². The van der Waals surface area contributed by atoms with E-state index in [4.69, 9.17) is 17.0 Å². The van der Waals surface area contributed by atoms with E-state index in [1.807, 2.05) is 0 Å². The predicted molar refractivity (Wildman–Crippen MR) is 64.3 cm³/mol. The number of hydrogen-bond donors (Lipinski definition) is 2. The van der Waals surface area contributed by atoms with Gasteiger partial charge in [-0.1, -0.05) is 0 Å². The molecule has 3 nitrogen and oxygen atoms in total. The fourth-order valence-corrected chi connectivity index (χ4v) is 2.32. The Kier molecular flexibility index (Phi) is 2.66. The van der Waals surface area contributed by atoms with E-state index < -0.39 is 11.6 Å². The Hall–Kier alpha value is -1.69. The fraction of sp³-hybridized carbons (Fsp3) is 0.250. The molecular formula is C12H10F2N2OS. The number of hydrogen-bond acceptors (Lipinski definition) is 2. The van der Waals surface area contributed by atoms with E-state index in [0.29, 0.717) is 29.1 Å². The summed E-state index contributed by atoms with van der Waals surface area (Å²) in [4.78, 5) is 5.89. The van der Waals surface area contributed by atoms with Gasteiger partial charge in [0.15, 0.2) is 16.4 Å². The molecule has 3 rings (SSSR count). The smallest absolute Gasteiger partial charge is 0.174 e. The van der Waals surface area contributed by atoms with Gasteiger partial charge in [0.2, 0.25) is 0 Å². The quantitative estimate of drug-likeness (QED) is 0.780. The first-order valence-corrected chi connectivity index (χ1v) is 5.92. The summed E-state index contributed by atoms with van der Waals surface area (Å²) in [5.74, 6) is -1.25. The maximum absolute atomic E-state index is 13.2. The van der Waals surface area contributed by atoms with Crippen LogP contribution in [0.5, 0.6) is 5.75 Å². The fourth-order valence-electron chi connectivity index (χ4n) is 2.14. The van der Waals surface area contributed by atoms with Crippen molar-refractivity contribution in [3.63, 3.8) is 0 Å². The standard InChI is InChI=1S/C12H10F2N2OS/c13-8-2-6-1-7(10-4-15-12(18)16-10)5-17-11(6)3-9(8)14/h2-4,7H,1,5H2,(H2,15,16,18). The van der Waals surface area contributed by atoms with Crippen molar-refractivity contribution in [2.75, 3.05) is 6.61 Å². The van der Waals surface area contributed by atoms with Gasteiger partial charge in [-0.25, -0.2) is 8.78 Å². The van der Waals surface area contributed by atoms with Crippen molar-refractivity contribution in [3.05, 3.63) is 46.0 Å². The summed E-state index contributed by atoms with van der Waals surface area (Å²) in [6.07, 6.45) is 2.37. The first-order valence-electron chi connectivity index (χ1n) is 5.52. The highest BCUT2D eigenvalue weighted by atomic mass is 32.1. The van der Waals surface area contributed by atoms with E-state index in [9.17, 15) is 8.78 Å². The van der Waals surface area contributed by atoms with Crippen LogP contribution in [0.2, 0.25) is 0 Å². The van der Waals surface area contributed by atoms with Crippen LogP contribution in [0.1, 0.15) is 17.2 Å². The maximum Gasteiger partial charge on any atom is 0.174 e. The lowest BCUT2D eigenvalue weighted by Gasteiger charge is -2.24. The predicted octanol–water partition coefficient (Wildman–Crippen LogP) is 3.07. The average molecular weight is 268 g/mol. The highest BCUT2D eigenvalue weighted by Crippen LogP contribution is 2.33. The molecule has 0 fully saturated rings. The van der Waals surface area contributed by atoms with E-state index in [2.05, 4.69) is 9.97 Å². The largest absolute Gasteiger partial charge is 0.492 e. The van der Waals surface area contributed by atoms with Crippen molar-refractivity contribution in [2.24, 2.45) is 0 Å². The van der Waals surface area contributed by atoms with Gasteiger partial charge in [-0.05, 0) is 30.3 Å². The SMILES string of the molecule is Fc1cc2c(cc1F)OCC(c1c[nH]c(=S)[nH]1)C2. The summed E-state index contributed by atoms with van der Waals surface area (Å²) in [6.45, 7) is 0.418. The summed E-state index contributed by atoms with van der Waals surface area (Å²) < 4.78 is 32.2. The molecule has 1 aromatic carbocycles. The minimum absolute atomic E-state index is 0.0651. The molecule has 0 amide bonds. The normalized spacial score (nSPS) is 18.2. The first-order chi connectivity index (χ1) is 8.63. The third-order valence-electron chi connectivity index (χ3n) is 3.07. The van der Waals surface area contributed by atoms with Crippen LogP contribution in [0.3, 0.4) is 0 Å². The van der Waals surface area contributed by atoms with Crippen molar-refractivity contribution in [1.29, 1.82) is 0 Å². The molecule has 1 aromatic heterocycles. The van der Waals surface area contributed by atoms with E-state index in [-0.39, 0.29) is 5.92 Å². The number of fused-ring (bicyclic) bond motifs is 1. The molecule has 0 aliphatic carbocycles. The Morgan fingerprint density at radius 1 is 1.28 bits per heavy atom. The van der Waals surface area contributed by atoms with Crippen LogP contribution in [-0.4, -0.2) is 16.6 Å². The highest BCUT2D eigenvalue weighted by molar-refractivity contribution is 7.71. The number of benzene rings is 1. The van der Waals surface area contributed by atoms with E-state index in [1.165, 1.54) is 6.07 Å². The number of rotatable bonds is 1. The van der Waals surface area contributed by atoms with Gasteiger partial charge in [0.05, 0.1) is 6.61 Å². The molecule has 1 aliphatic heterocycles. The zero-order valence-electron chi connectivity index (χ0n) is 9.30. The Morgan fingerprint density at radius 2 is 2.06 bits per heavy atom. The van der Waals surface area contributed by atoms with Crippen LogP contribution in [0, 0.1) is 16.4 Å². The summed E-state index contributed by atoms with van der Waals surface area (Å²) in [5.41, 5.74) is 1.58. The minimum Gasteiger partial charge on any atom is -0.492 e. The number of ether oxygens (including phenoxy) is 1. The zero-order valence-corrected chi connectivity index (χ0v) is 10.1. The van der Waals surface area contributed by atoms with Crippen molar-refractivity contribution in [2.45, 2.75) is 12.3 Å². The Morgan fingerprint density at radius 3 is 2.78 bits per heavy atom. The van der Waals surface area contributed by atoms with Crippen molar-refractivity contribution >= 4 is 12.2 Å². The number of nitrogens with one attached hydrogen (secondary N) is 2. The second-order valence-corrected chi connectivity index (χ2v) is 4.69. The van der Waals surface area contributed by atoms with Crippen molar-refractivity contribution in [1.82, 2.24) is 9.97 Å². The van der Waals surface area contributed by atoms with Gasteiger partial charge < -0.3 is 14.7 Å². The Balaban J connectivity index is 1.93. The van der Waals surface area contributed by atoms with Gasteiger partial charge in [0, 0.05) is 23.9 Å². The lowest BCUT2D eigenvalue weighted by molar-refractivity contribution is 0.258. The molecule has 18 heavy (non-hydrogen) atoms. The number of aromatic amines is 2. The molecule has 0 bridgehead atoms. The molecule has 1 atom stereocenters. The number of H-pyrrole nitrogens is 2. The highest BCUT2D eigenvalue weighted by Gasteiger charge is 2.24. The van der Waals surface area contributed by atoms with Crippen LogP contribution < -0.4 is 4.74 Å². The van der Waals surface area contributed by atoms with Crippen molar-refractivity contribution in [3.8, 4) is 5.75 Å². The molecule has 94 valence electrons. The minimum atomic E-state index is -0.881. The monoisotopic (exact) mass is 268 g/mol. The van der Waals surface area contributed by atoms with Gasteiger partial charge >= 0.3 is 0 Å². The molecule has 0 spiro atoms. The molecule has 0 radical (unpaired) electrons. The molecule has 6 heteroatoms. The van der Waals surface area contributed by atoms with Gasteiger partial charge in [0.25, 0.3) is 0 Å². The first kappa shape index (κ1) is 11.4. The third kappa shape index (κ3) is 1.92. The summed E-state index contributed by atoms with van der Waals surface area (Å²) >= 11 is 4.96.